The van der Waals surface area contributed by atoms with Crippen molar-refractivity contribution in [2.75, 3.05) is 13.2 Å². The molecule has 0 aromatic rings. The minimum atomic E-state index is -0.721. The number of aliphatic hydroxyl groups is 1. The summed E-state index contributed by atoms with van der Waals surface area (Å²) in [7, 11) is 0. The lowest BCUT2D eigenvalue weighted by molar-refractivity contribution is -0.137. The fourth-order valence-corrected chi connectivity index (χ4v) is 4.39. The number of hydrogen-bond acceptors (Lipinski definition) is 4. The zero-order valence-electron chi connectivity index (χ0n) is 16.9. The summed E-state index contributed by atoms with van der Waals surface area (Å²) < 4.78 is 11.9. The molecular formula is C22H38O5. The topological polar surface area (TPSA) is 76.0 Å². The van der Waals surface area contributed by atoms with Crippen LogP contribution >= 0.6 is 0 Å². The molecule has 0 radical (unpaired) electrons. The van der Waals surface area contributed by atoms with Gasteiger partial charge in [-0.25, -0.2) is 0 Å². The molecule has 0 amide bonds. The van der Waals surface area contributed by atoms with Gasteiger partial charge in [0.05, 0.1) is 18.3 Å². The number of fused-ring (bicyclic) bond motifs is 2. The number of rotatable bonds is 15. The second kappa shape index (κ2) is 12.5. The number of carboxylic acids is 1. The van der Waals surface area contributed by atoms with Crippen LogP contribution in [0.25, 0.3) is 0 Å². The highest BCUT2D eigenvalue weighted by molar-refractivity contribution is 5.66. The van der Waals surface area contributed by atoms with Gasteiger partial charge >= 0.3 is 5.97 Å². The first-order valence-corrected chi connectivity index (χ1v) is 10.9. The molecule has 5 atom stereocenters. The summed E-state index contributed by atoms with van der Waals surface area (Å²) in [6.07, 6.45) is 14.9. The number of hydrogen-bond donors (Lipinski definition) is 2. The molecule has 2 rings (SSSR count). The Labute approximate surface area is 164 Å². The van der Waals surface area contributed by atoms with Crippen molar-refractivity contribution < 1.29 is 24.5 Å². The van der Waals surface area contributed by atoms with Crippen LogP contribution in [-0.2, 0) is 14.3 Å². The van der Waals surface area contributed by atoms with E-state index in [1.165, 1.54) is 12.8 Å². The summed E-state index contributed by atoms with van der Waals surface area (Å²) in [6.45, 7) is 3.62. The fourth-order valence-electron chi connectivity index (χ4n) is 4.39. The van der Waals surface area contributed by atoms with Gasteiger partial charge in [-0.15, -0.1) is 0 Å². The van der Waals surface area contributed by atoms with E-state index in [-0.39, 0.29) is 12.5 Å². The maximum atomic E-state index is 10.5. The van der Waals surface area contributed by atoms with Crippen molar-refractivity contribution in [3.8, 4) is 0 Å². The van der Waals surface area contributed by atoms with Crippen LogP contribution in [0.5, 0.6) is 0 Å². The van der Waals surface area contributed by atoms with Crippen molar-refractivity contribution in [1.82, 2.24) is 0 Å². The first-order chi connectivity index (χ1) is 13.1. The van der Waals surface area contributed by atoms with Crippen molar-refractivity contribution >= 4 is 5.97 Å². The maximum absolute atomic E-state index is 10.5. The van der Waals surface area contributed by atoms with Crippen LogP contribution in [0.3, 0.4) is 0 Å². The Balaban J connectivity index is 1.64. The summed E-state index contributed by atoms with van der Waals surface area (Å²) in [4.78, 5) is 10.5. The SMILES string of the molecule is CCCCCC(O)/C=C/[C@@H]1[C@H](CCOCCCCCC(=O)O)[C@@H]2CC[C@H]1O2. The van der Waals surface area contributed by atoms with Gasteiger partial charge in [-0.05, 0) is 44.4 Å². The van der Waals surface area contributed by atoms with Crippen LogP contribution in [-0.4, -0.2) is 47.7 Å². The molecular weight excluding hydrogens is 344 g/mol. The van der Waals surface area contributed by atoms with Crippen LogP contribution in [0.15, 0.2) is 12.2 Å². The lowest BCUT2D eigenvalue weighted by Gasteiger charge is -2.26. The summed E-state index contributed by atoms with van der Waals surface area (Å²) in [5.41, 5.74) is 0. The number of carbonyl (C=O) groups is 1. The van der Waals surface area contributed by atoms with Crippen LogP contribution in [0.2, 0.25) is 0 Å². The van der Waals surface area contributed by atoms with Gasteiger partial charge < -0.3 is 19.7 Å². The van der Waals surface area contributed by atoms with Crippen LogP contribution < -0.4 is 0 Å². The molecule has 5 heteroatoms. The third kappa shape index (κ3) is 7.92. The van der Waals surface area contributed by atoms with E-state index >= 15 is 0 Å². The van der Waals surface area contributed by atoms with E-state index in [9.17, 15) is 9.90 Å². The van der Waals surface area contributed by atoms with Crippen molar-refractivity contribution in [3.05, 3.63) is 12.2 Å². The average molecular weight is 383 g/mol. The first kappa shape index (κ1) is 22.4. The van der Waals surface area contributed by atoms with Crippen molar-refractivity contribution in [2.24, 2.45) is 11.8 Å². The van der Waals surface area contributed by atoms with E-state index in [2.05, 4.69) is 13.0 Å². The van der Waals surface area contributed by atoms with Crippen LogP contribution in [0, 0.1) is 11.8 Å². The quantitative estimate of drug-likeness (QED) is 0.326. The van der Waals surface area contributed by atoms with Crippen LogP contribution in [0.1, 0.15) is 77.6 Å². The predicted molar refractivity (Wildman–Crippen MR) is 106 cm³/mol. The minimum Gasteiger partial charge on any atom is -0.481 e. The largest absolute Gasteiger partial charge is 0.481 e. The molecule has 27 heavy (non-hydrogen) atoms. The Morgan fingerprint density at radius 3 is 2.74 bits per heavy atom. The highest BCUT2D eigenvalue weighted by Gasteiger charge is 2.47. The summed E-state index contributed by atoms with van der Waals surface area (Å²) >= 11 is 0. The van der Waals surface area contributed by atoms with E-state index in [1.807, 2.05) is 6.08 Å². The van der Waals surface area contributed by atoms with E-state index in [0.29, 0.717) is 30.7 Å². The van der Waals surface area contributed by atoms with Gasteiger partial charge in [-0.3, -0.25) is 4.79 Å². The molecule has 0 saturated carbocycles. The average Bonchev–Trinajstić information content (AvgIpc) is 3.24. The zero-order valence-corrected chi connectivity index (χ0v) is 16.9. The Kier molecular flexibility index (Phi) is 10.4. The standard InChI is InChI=1S/C22H38O5/c1-2-3-5-8-17(23)10-11-18-19(21-13-12-20(18)27-21)14-16-26-15-7-4-6-9-22(24)25/h10-11,17-21,23H,2-9,12-16H2,1H3,(H,24,25)/b11-10+/t17?,18-,19+,20-,21+/m1/s1. The molecule has 0 aromatic heterocycles. The molecule has 2 aliphatic rings. The smallest absolute Gasteiger partial charge is 0.303 e. The molecule has 2 N–H and O–H groups in total. The van der Waals surface area contributed by atoms with Gasteiger partial charge in [-0.2, -0.15) is 0 Å². The number of ether oxygens (including phenoxy) is 2. The van der Waals surface area contributed by atoms with Gasteiger partial charge in [0.1, 0.15) is 0 Å². The molecule has 5 nitrogen and oxygen atoms in total. The normalized spacial score (nSPS) is 28.2. The molecule has 0 aliphatic carbocycles. The lowest BCUT2D eigenvalue weighted by atomic mass is 9.77. The van der Waals surface area contributed by atoms with Gasteiger partial charge in [0, 0.05) is 25.6 Å². The lowest BCUT2D eigenvalue weighted by Crippen LogP contribution is -2.27. The molecule has 156 valence electrons. The second-order valence-electron chi connectivity index (χ2n) is 8.09. The van der Waals surface area contributed by atoms with E-state index in [0.717, 1.165) is 58.0 Å². The van der Waals surface area contributed by atoms with E-state index in [1.54, 1.807) is 0 Å². The molecule has 1 unspecified atom stereocenters. The van der Waals surface area contributed by atoms with Gasteiger partial charge in [0.15, 0.2) is 0 Å². The zero-order chi connectivity index (χ0) is 19.5. The monoisotopic (exact) mass is 382 g/mol. The number of carboxylic acid groups (broad SMARTS) is 1. The highest BCUT2D eigenvalue weighted by Crippen LogP contribution is 2.45. The van der Waals surface area contributed by atoms with Gasteiger partial charge in [0.2, 0.25) is 0 Å². The number of aliphatic carboxylic acids is 1. The number of aliphatic hydroxyl groups excluding tert-OH is 1. The predicted octanol–water partition coefficient (Wildman–Crippen LogP) is 4.33. The summed E-state index contributed by atoms with van der Waals surface area (Å²) in [5, 5.41) is 18.8. The highest BCUT2D eigenvalue weighted by atomic mass is 16.5. The Morgan fingerprint density at radius 2 is 1.96 bits per heavy atom. The Morgan fingerprint density at radius 1 is 1.15 bits per heavy atom. The van der Waals surface area contributed by atoms with Gasteiger partial charge in [0.25, 0.3) is 0 Å². The Bertz CT molecular complexity index is 450. The second-order valence-corrected chi connectivity index (χ2v) is 8.09. The molecule has 0 aromatic carbocycles. The molecule has 2 aliphatic heterocycles. The molecule has 2 fully saturated rings. The molecule has 2 saturated heterocycles. The Hall–Kier alpha value is -0.910. The minimum absolute atomic E-state index is 0.251. The van der Waals surface area contributed by atoms with E-state index < -0.39 is 5.97 Å². The number of unbranched alkanes of at least 4 members (excludes halogenated alkanes) is 4. The molecule has 0 spiro atoms. The summed E-state index contributed by atoms with van der Waals surface area (Å²) in [5.74, 6) is 0.181. The summed E-state index contributed by atoms with van der Waals surface area (Å²) in [6, 6.07) is 0. The van der Waals surface area contributed by atoms with Crippen molar-refractivity contribution in [1.29, 1.82) is 0 Å². The van der Waals surface area contributed by atoms with Crippen molar-refractivity contribution in [3.63, 3.8) is 0 Å². The van der Waals surface area contributed by atoms with Crippen LogP contribution in [0.4, 0.5) is 0 Å². The third-order valence-electron chi connectivity index (χ3n) is 5.92. The fraction of sp³-hybridized carbons (Fsp3) is 0.864. The molecule has 2 bridgehead atoms. The first-order valence-electron chi connectivity index (χ1n) is 10.9. The van der Waals surface area contributed by atoms with E-state index in [4.69, 9.17) is 14.6 Å². The van der Waals surface area contributed by atoms with Gasteiger partial charge in [-0.1, -0.05) is 44.8 Å². The molecule has 2 heterocycles. The third-order valence-corrected chi connectivity index (χ3v) is 5.92. The van der Waals surface area contributed by atoms with Crippen molar-refractivity contribution in [2.45, 2.75) is 95.9 Å². The maximum Gasteiger partial charge on any atom is 0.303 e.